The Morgan fingerprint density at radius 1 is 0.926 bits per heavy atom. The average Bonchev–Trinajstić information content (AvgIpc) is 2.85. The zero-order chi connectivity index (χ0) is 20.6. The molecule has 2 fully saturated rings. The third-order valence-electron chi connectivity index (χ3n) is 4.30. The summed E-state index contributed by atoms with van der Waals surface area (Å²) in [7, 11) is -4.92. The summed E-state index contributed by atoms with van der Waals surface area (Å²) >= 11 is 0. The number of hydrogen-bond donors (Lipinski definition) is 9. The van der Waals surface area contributed by atoms with Gasteiger partial charge in [-0.1, -0.05) is 0 Å². The Morgan fingerprint density at radius 3 is 2.07 bits per heavy atom. The fourth-order valence-corrected chi connectivity index (χ4v) is 3.13. The predicted molar refractivity (Wildman–Crippen MR) is 79.6 cm³/mol. The highest BCUT2D eigenvalue weighted by Gasteiger charge is 2.58. The van der Waals surface area contributed by atoms with E-state index in [1.54, 1.807) is 0 Å². The Balaban J connectivity index is 2.15. The zero-order valence-corrected chi connectivity index (χ0v) is 14.6. The fraction of sp³-hybridized carbons (Fsp3) is 1.00. The Kier molecular flexibility index (Phi) is 7.33. The molecular formula is C12H23O14P. The minimum absolute atomic E-state index is 0.762. The van der Waals surface area contributed by atoms with Crippen LogP contribution in [-0.4, -0.2) is 120 Å². The molecule has 160 valence electrons. The van der Waals surface area contributed by atoms with Gasteiger partial charge in [-0.15, -0.1) is 0 Å². The van der Waals surface area contributed by atoms with Gasteiger partial charge in [0.2, 0.25) is 5.79 Å². The maximum absolute atomic E-state index is 10.8. The summed E-state index contributed by atoms with van der Waals surface area (Å²) in [5.74, 6) is -2.42. The second-order valence-corrected chi connectivity index (χ2v) is 7.40. The molecule has 9 atom stereocenters. The van der Waals surface area contributed by atoms with Crippen LogP contribution >= 0.6 is 7.82 Å². The quantitative estimate of drug-likeness (QED) is 0.174. The van der Waals surface area contributed by atoms with E-state index in [-0.39, 0.29) is 0 Å². The lowest BCUT2D eigenvalue weighted by molar-refractivity contribution is -0.383. The van der Waals surface area contributed by atoms with Crippen LogP contribution in [0.25, 0.3) is 0 Å². The number of hydrogen-bond acceptors (Lipinski definition) is 12. The summed E-state index contributed by atoms with van der Waals surface area (Å²) in [4.78, 5) is 17.4. The van der Waals surface area contributed by atoms with Gasteiger partial charge in [-0.25, -0.2) is 4.57 Å². The molecule has 2 saturated heterocycles. The molecule has 27 heavy (non-hydrogen) atoms. The van der Waals surface area contributed by atoms with Crippen molar-refractivity contribution in [3.8, 4) is 0 Å². The van der Waals surface area contributed by atoms with Gasteiger partial charge in [-0.2, -0.15) is 0 Å². The lowest BCUT2D eigenvalue weighted by Gasteiger charge is -2.43. The molecular weight excluding hydrogens is 399 g/mol. The highest BCUT2D eigenvalue weighted by atomic mass is 31.2. The van der Waals surface area contributed by atoms with Gasteiger partial charge >= 0.3 is 7.82 Å². The van der Waals surface area contributed by atoms with Crippen LogP contribution in [0.15, 0.2) is 0 Å². The van der Waals surface area contributed by atoms with E-state index < -0.39 is 82.4 Å². The summed E-state index contributed by atoms with van der Waals surface area (Å²) in [6.45, 7) is -2.74. The molecule has 9 N–H and O–H groups in total. The molecule has 14 nitrogen and oxygen atoms in total. The van der Waals surface area contributed by atoms with Gasteiger partial charge in [-0.3, -0.25) is 4.52 Å². The van der Waals surface area contributed by atoms with Gasteiger partial charge < -0.3 is 59.7 Å². The van der Waals surface area contributed by atoms with Crippen molar-refractivity contribution in [3.63, 3.8) is 0 Å². The van der Waals surface area contributed by atoms with Gasteiger partial charge in [0.15, 0.2) is 6.29 Å². The van der Waals surface area contributed by atoms with Crippen molar-refractivity contribution in [3.05, 3.63) is 0 Å². The van der Waals surface area contributed by atoms with Crippen LogP contribution in [0.1, 0.15) is 0 Å². The fourth-order valence-electron chi connectivity index (χ4n) is 2.79. The standard InChI is InChI=1S/C12H23O14P/c13-1-4-6(15)8(17)9(18)11(24-4)26-12(3-14)10(19)7(16)5(25-12)2-23-27(20,21)22/h4-11,13-19H,1-3H2,(H2,20,21,22)/t4-,5-,6-,7-,8+,9-,10+,11+,12+/m1/s1. The smallest absolute Gasteiger partial charge is 0.394 e. The zero-order valence-electron chi connectivity index (χ0n) is 13.8. The average molecular weight is 422 g/mol. The maximum Gasteiger partial charge on any atom is 0.469 e. The Hall–Kier alpha value is -0.290. The molecule has 0 bridgehead atoms. The third-order valence-corrected chi connectivity index (χ3v) is 4.78. The normalized spacial score (nSPS) is 46.0. The third kappa shape index (κ3) is 4.83. The van der Waals surface area contributed by atoms with Crippen molar-refractivity contribution in [1.29, 1.82) is 0 Å². The van der Waals surface area contributed by atoms with Crippen molar-refractivity contribution in [1.82, 2.24) is 0 Å². The largest absolute Gasteiger partial charge is 0.469 e. The minimum atomic E-state index is -4.92. The van der Waals surface area contributed by atoms with Crippen molar-refractivity contribution in [2.75, 3.05) is 19.8 Å². The van der Waals surface area contributed by atoms with Crippen molar-refractivity contribution < 1.29 is 68.8 Å². The van der Waals surface area contributed by atoms with Gasteiger partial charge in [0, 0.05) is 0 Å². The van der Waals surface area contributed by atoms with Crippen LogP contribution in [0, 0.1) is 0 Å². The molecule has 0 aromatic heterocycles. The van der Waals surface area contributed by atoms with Gasteiger partial charge in [0.25, 0.3) is 0 Å². The van der Waals surface area contributed by atoms with Gasteiger partial charge in [0.05, 0.1) is 13.2 Å². The Labute approximate surface area is 152 Å². The molecule has 2 rings (SSSR count). The first-order valence-electron chi connectivity index (χ1n) is 7.79. The first-order valence-corrected chi connectivity index (χ1v) is 9.32. The molecule has 0 aromatic carbocycles. The second-order valence-electron chi connectivity index (χ2n) is 6.16. The van der Waals surface area contributed by atoms with Crippen molar-refractivity contribution in [2.45, 2.75) is 54.8 Å². The topological polar surface area (TPSA) is 236 Å². The predicted octanol–water partition coefficient (Wildman–Crippen LogP) is -5.28. The first-order chi connectivity index (χ1) is 12.5. The molecule has 0 aliphatic carbocycles. The van der Waals surface area contributed by atoms with E-state index in [2.05, 4.69) is 4.52 Å². The number of phosphoric ester groups is 1. The van der Waals surface area contributed by atoms with Crippen LogP contribution < -0.4 is 0 Å². The van der Waals surface area contributed by atoms with Crippen LogP contribution in [-0.2, 0) is 23.3 Å². The molecule has 0 amide bonds. The number of phosphoric acid groups is 1. The van der Waals surface area contributed by atoms with Gasteiger partial charge in [0.1, 0.15) is 49.3 Å². The van der Waals surface area contributed by atoms with Crippen LogP contribution in [0.3, 0.4) is 0 Å². The van der Waals surface area contributed by atoms with Crippen LogP contribution in [0.4, 0.5) is 0 Å². The number of aliphatic hydroxyl groups excluding tert-OH is 7. The summed E-state index contributed by atoms with van der Waals surface area (Å²) in [5.41, 5.74) is 0. The monoisotopic (exact) mass is 422 g/mol. The summed E-state index contributed by atoms with van der Waals surface area (Å²) in [5, 5.41) is 68.3. The van der Waals surface area contributed by atoms with E-state index in [1.807, 2.05) is 0 Å². The first kappa shape index (κ1) is 23.0. The van der Waals surface area contributed by atoms with E-state index in [1.165, 1.54) is 0 Å². The molecule has 0 spiro atoms. The highest BCUT2D eigenvalue weighted by Crippen LogP contribution is 2.40. The van der Waals surface area contributed by atoms with Crippen molar-refractivity contribution in [2.24, 2.45) is 0 Å². The lowest BCUT2D eigenvalue weighted by atomic mass is 9.99. The number of aliphatic hydroxyl groups is 7. The summed E-state index contributed by atoms with van der Waals surface area (Å²) < 4.78 is 30.4. The molecule has 0 aromatic rings. The molecule has 0 radical (unpaired) electrons. The molecule has 0 saturated carbocycles. The minimum Gasteiger partial charge on any atom is -0.394 e. The highest BCUT2D eigenvalue weighted by molar-refractivity contribution is 7.46. The Morgan fingerprint density at radius 2 is 1.56 bits per heavy atom. The molecule has 2 aliphatic heterocycles. The van der Waals surface area contributed by atoms with E-state index in [0.717, 1.165) is 0 Å². The molecule has 2 heterocycles. The second kappa shape index (κ2) is 8.61. The number of rotatable bonds is 7. The van der Waals surface area contributed by atoms with Crippen molar-refractivity contribution >= 4 is 7.82 Å². The van der Waals surface area contributed by atoms with Crippen LogP contribution in [0.2, 0.25) is 0 Å². The van der Waals surface area contributed by atoms with Gasteiger partial charge in [-0.05, 0) is 0 Å². The van der Waals surface area contributed by atoms with E-state index >= 15 is 0 Å². The van der Waals surface area contributed by atoms with E-state index in [0.29, 0.717) is 0 Å². The van der Waals surface area contributed by atoms with E-state index in [9.17, 15) is 35.2 Å². The Bertz CT molecular complexity index is 540. The summed E-state index contributed by atoms with van der Waals surface area (Å²) in [6.07, 6.45) is -13.9. The van der Waals surface area contributed by atoms with Crippen LogP contribution in [0.5, 0.6) is 0 Å². The van der Waals surface area contributed by atoms with E-state index in [4.69, 9.17) is 29.1 Å². The molecule has 15 heteroatoms. The summed E-state index contributed by atoms with van der Waals surface area (Å²) in [6, 6.07) is 0. The molecule has 0 unspecified atom stereocenters. The molecule has 2 aliphatic rings. The SMILES string of the molecule is O=P(O)(O)OC[C@H]1O[C@@](CO)(O[C@@H]2O[C@H](CO)[C@@H](O)[C@H](O)[C@H]2O)[C@@H](O)[C@@H]1O. The maximum atomic E-state index is 10.8. The number of ether oxygens (including phenoxy) is 3. The lowest BCUT2D eigenvalue weighted by Crippen LogP contribution is -2.62.